The van der Waals surface area contributed by atoms with Gasteiger partial charge in [-0.25, -0.2) is 0 Å². The molecule has 0 spiro atoms. The van der Waals surface area contributed by atoms with E-state index >= 15 is 0 Å². The summed E-state index contributed by atoms with van der Waals surface area (Å²) in [5, 5.41) is 9.20. The van der Waals surface area contributed by atoms with E-state index in [2.05, 4.69) is 20.8 Å². The van der Waals surface area contributed by atoms with Gasteiger partial charge in [-0.3, -0.25) is 4.79 Å². The van der Waals surface area contributed by atoms with Crippen LogP contribution in [-0.2, 0) is 9.22 Å². The molecule has 0 aromatic rings. The minimum Gasteiger partial charge on any atom is -0.481 e. The summed E-state index contributed by atoms with van der Waals surface area (Å²) < 4.78 is 5.66. The Bertz CT molecular complexity index is 253. The molecule has 0 aliphatic carbocycles. The van der Waals surface area contributed by atoms with E-state index in [-0.39, 0.29) is 11.8 Å². The van der Waals surface area contributed by atoms with Crippen LogP contribution in [0.4, 0.5) is 0 Å². The minimum absolute atomic E-state index is 0.132. The summed E-state index contributed by atoms with van der Waals surface area (Å²) in [5.74, 6) is 0.0894. The van der Waals surface area contributed by atoms with Gasteiger partial charge in [0.05, 0.1) is 5.04 Å². The third-order valence-electron chi connectivity index (χ3n) is 4.04. The smallest absolute Gasteiger partial charge is 0.309 e. The maximum absolute atomic E-state index is 11.9. The molecule has 108 valence electrons. The molecule has 2 unspecified atom stereocenters. The normalized spacial score (nSPS) is 17.6. The maximum Gasteiger partial charge on any atom is 0.309 e. The quantitative estimate of drug-likeness (QED) is 0.657. The Morgan fingerprint density at radius 2 is 1.83 bits per heavy atom. The zero-order valence-electron chi connectivity index (χ0n) is 12.8. The number of hydrogen-bond acceptors (Lipinski definition) is 2. The van der Waals surface area contributed by atoms with Gasteiger partial charge in [0.2, 0.25) is 0 Å². The molecular formula is C14H30O3Si. The molecule has 1 N–H and O–H groups in total. The summed E-state index contributed by atoms with van der Waals surface area (Å²) in [6, 6.07) is 0. The largest absolute Gasteiger partial charge is 0.481 e. The molecule has 0 heterocycles. The van der Waals surface area contributed by atoms with Crippen LogP contribution in [-0.4, -0.2) is 27.4 Å². The van der Waals surface area contributed by atoms with Crippen molar-refractivity contribution >= 4 is 15.7 Å². The summed E-state index contributed by atoms with van der Waals surface area (Å²) in [4.78, 5) is 11.9. The lowest BCUT2D eigenvalue weighted by Gasteiger charge is -2.42. The van der Waals surface area contributed by atoms with E-state index in [9.17, 15) is 9.90 Å². The van der Waals surface area contributed by atoms with Crippen molar-refractivity contribution in [2.75, 3.05) is 6.61 Å². The molecular weight excluding hydrogens is 244 g/mol. The van der Waals surface area contributed by atoms with Crippen molar-refractivity contribution < 1.29 is 14.3 Å². The van der Waals surface area contributed by atoms with Crippen LogP contribution >= 0.6 is 0 Å². The van der Waals surface area contributed by atoms with Gasteiger partial charge in [-0.2, -0.15) is 0 Å². The lowest BCUT2D eigenvalue weighted by atomic mass is 9.74. The van der Waals surface area contributed by atoms with Crippen LogP contribution in [0, 0.1) is 17.8 Å². The number of rotatable bonds is 9. The van der Waals surface area contributed by atoms with Crippen LogP contribution in [0.25, 0.3) is 0 Å². The first-order chi connectivity index (χ1) is 8.34. The van der Waals surface area contributed by atoms with Gasteiger partial charge in [0.25, 0.3) is 0 Å². The minimum atomic E-state index is -1.09. The fourth-order valence-corrected chi connectivity index (χ4v) is 4.83. The third-order valence-corrected chi connectivity index (χ3v) is 6.77. The second-order valence-corrected chi connectivity index (χ2v) is 7.64. The molecule has 0 amide bonds. The number of hydrogen-bond donors (Lipinski definition) is 1. The molecule has 0 aromatic carbocycles. The Morgan fingerprint density at radius 3 is 2.11 bits per heavy atom. The second kappa shape index (κ2) is 7.95. The molecule has 2 atom stereocenters. The van der Waals surface area contributed by atoms with E-state index < -0.39 is 20.8 Å². The lowest BCUT2D eigenvalue weighted by molar-refractivity contribution is -0.145. The highest BCUT2D eigenvalue weighted by molar-refractivity contribution is 6.40. The van der Waals surface area contributed by atoms with Crippen molar-refractivity contribution in [2.45, 2.75) is 59.4 Å². The Kier molecular flexibility index (Phi) is 7.79. The molecule has 18 heavy (non-hydrogen) atoms. The Hall–Kier alpha value is -0.353. The predicted octanol–water partition coefficient (Wildman–Crippen LogP) is 3.08. The SMILES string of the molecule is CCCC(C(C)C)C([SiH2]OCC)(C(=O)O)C(C)C. The van der Waals surface area contributed by atoms with Crippen LogP contribution in [0.5, 0.6) is 0 Å². The standard InChI is InChI=1S/C14H30O3Si/c1-7-9-12(10(3)4)14(11(5)6,13(15)16)18-17-8-2/h10-12H,7-9,18H2,1-6H3,(H,15,16). The first kappa shape index (κ1) is 17.6. The van der Waals surface area contributed by atoms with Gasteiger partial charge >= 0.3 is 5.97 Å². The van der Waals surface area contributed by atoms with Gasteiger partial charge in [0.1, 0.15) is 0 Å². The van der Waals surface area contributed by atoms with Gasteiger partial charge in [-0.15, -0.1) is 0 Å². The second-order valence-electron chi connectivity index (χ2n) is 5.78. The average Bonchev–Trinajstić information content (AvgIpc) is 2.27. The highest BCUT2D eigenvalue weighted by Crippen LogP contribution is 2.48. The molecule has 3 nitrogen and oxygen atoms in total. The van der Waals surface area contributed by atoms with Crippen molar-refractivity contribution in [2.24, 2.45) is 17.8 Å². The van der Waals surface area contributed by atoms with Gasteiger partial charge in [-0.1, -0.05) is 41.0 Å². The molecule has 0 aliphatic heterocycles. The first-order valence-corrected chi connectivity index (χ1v) is 8.44. The summed E-state index contributed by atoms with van der Waals surface area (Å²) in [5.41, 5.74) is 0. The van der Waals surface area contributed by atoms with Crippen molar-refractivity contribution in [1.82, 2.24) is 0 Å². The van der Waals surface area contributed by atoms with E-state index in [1.165, 1.54) is 0 Å². The molecule has 4 heteroatoms. The zero-order valence-corrected chi connectivity index (χ0v) is 14.2. The fourth-order valence-electron chi connectivity index (χ4n) is 2.94. The predicted molar refractivity (Wildman–Crippen MR) is 78.6 cm³/mol. The monoisotopic (exact) mass is 274 g/mol. The van der Waals surface area contributed by atoms with Crippen molar-refractivity contribution in [3.05, 3.63) is 0 Å². The van der Waals surface area contributed by atoms with Crippen LogP contribution in [0.2, 0.25) is 5.04 Å². The summed E-state index contributed by atoms with van der Waals surface area (Å²) in [6.07, 6.45) is 2.01. The van der Waals surface area contributed by atoms with Crippen molar-refractivity contribution in [3.63, 3.8) is 0 Å². The highest BCUT2D eigenvalue weighted by Gasteiger charge is 2.49. The van der Waals surface area contributed by atoms with E-state index in [0.717, 1.165) is 12.8 Å². The third kappa shape index (κ3) is 3.82. The molecule has 0 rings (SSSR count). The van der Waals surface area contributed by atoms with E-state index in [4.69, 9.17) is 4.43 Å². The molecule has 0 bridgehead atoms. The summed E-state index contributed by atoms with van der Waals surface area (Å²) >= 11 is 0. The molecule has 0 fully saturated rings. The Morgan fingerprint density at radius 1 is 1.28 bits per heavy atom. The molecule has 0 aliphatic rings. The highest BCUT2D eigenvalue weighted by atomic mass is 28.2. The van der Waals surface area contributed by atoms with Gasteiger partial charge in [-0.05, 0) is 31.1 Å². The molecule has 0 saturated heterocycles. The lowest BCUT2D eigenvalue weighted by Crippen LogP contribution is -2.44. The Balaban J connectivity index is 5.41. The van der Waals surface area contributed by atoms with E-state index in [1.807, 2.05) is 20.8 Å². The summed E-state index contributed by atoms with van der Waals surface area (Å²) in [6.45, 7) is 13.1. The summed E-state index contributed by atoms with van der Waals surface area (Å²) in [7, 11) is -1.09. The van der Waals surface area contributed by atoms with Crippen molar-refractivity contribution in [1.29, 1.82) is 0 Å². The molecule has 0 radical (unpaired) electrons. The van der Waals surface area contributed by atoms with Crippen LogP contribution in [0.3, 0.4) is 0 Å². The van der Waals surface area contributed by atoms with Crippen LogP contribution < -0.4 is 0 Å². The van der Waals surface area contributed by atoms with Gasteiger partial charge in [0, 0.05) is 6.61 Å². The first-order valence-electron chi connectivity index (χ1n) is 7.15. The average molecular weight is 274 g/mol. The van der Waals surface area contributed by atoms with E-state index in [1.54, 1.807) is 0 Å². The van der Waals surface area contributed by atoms with Gasteiger partial charge < -0.3 is 9.53 Å². The fraction of sp³-hybridized carbons (Fsp3) is 0.929. The van der Waals surface area contributed by atoms with Gasteiger partial charge in [0.15, 0.2) is 9.76 Å². The number of carboxylic acid groups (broad SMARTS) is 1. The van der Waals surface area contributed by atoms with E-state index in [0.29, 0.717) is 12.5 Å². The number of carboxylic acids is 1. The van der Waals surface area contributed by atoms with Crippen molar-refractivity contribution in [3.8, 4) is 0 Å². The maximum atomic E-state index is 11.9. The van der Waals surface area contributed by atoms with Crippen LogP contribution in [0.1, 0.15) is 54.4 Å². The topological polar surface area (TPSA) is 46.5 Å². The zero-order chi connectivity index (χ0) is 14.3. The number of aliphatic carboxylic acids is 1. The van der Waals surface area contributed by atoms with Crippen LogP contribution in [0.15, 0.2) is 0 Å². The number of carbonyl (C=O) groups is 1. The molecule has 0 saturated carbocycles. The Labute approximate surface area is 114 Å². The molecule has 0 aromatic heterocycles.